The van der Waals surface area contributed by atoms with Crippen LogP contribution in [0.5, 0.6) is 17.2 Å². The quantitative estimate of drug-likeness (QED) is 0.789. The van der Waals surface area contributed by atoms with Crippen LogP contribution in [0.25, 0.3) is 0 Å². The average molecular weight is 364 g/mol. The topological polar surface area (TPSA) is 56.8 Å². The van der Waals surface area contributed by atoms with Crippen molar-refractivity contribution in [3.8, 4) is 17.2 Å². The lowest BCUT2D eigenvalue weighted by atomic mass is 10.2. The number of anilines is 1. The molecule has 2 rings (SSSR count). The third-order valence-electron chi connectivity index (χ3n) is 3.72. The number of halogens is 1. The molecule has 2 aromatic rings. The summed E-state index contributed by atoms with van der Waals surface area (Å²) in [5, 5.41) is 3.50. The summed E-state index contributed by atoms with van der Waals surface area (Å²) in [5.41, 5.74) is 1.51. The third kappa shape index (κ3) is 4.79. The van der Waals surface area contributed by atoms with Gasteiger partial charge in [-0.1, -0.05) is 18.5 Å². The Morgan fingerprint density at radius 1 is 1.12 bits per heavy atom. The highest BCUT2D eigenvalue weighted by molar-refractivity contribution is 6.31. The molecule has 6 heteroatoms. The molecule has 0 spiro atoms. The summed E-state index contributed by atoms with van der Waals surface area (Å²) in [4.78, 5) is 12.5. The Bertz CT molecular complexity index is 748. The van der Waals surface area contributed by atoms with E-state index in [4.69, 9.17) is 25.8 Å². The van der Waals surface area contributed by atoms with E-state index in [1.165, 1.54) is 0 Å². The molecule has 0 fully saturated rings. The first-order valence-corrected chi connectivity index (χ1v) is 8.32. The fourth-order valence-corrected chi connectivity index (χ4v) is 2.43. The van der Waals surface area contributed by atoms with Gasteiger partial charge < -0.3 is 19.5 Å². The molecule has 1 amide bonds. The van der Waals surface area contributed by atoms with Gasteiger partial charge >= 0.3 is 0 Å². The molecule has 1 N–H and O–H groups in total. The van der Waals surface area contributed by atoms with Crippen molar-refractivity contribution in [2.24, 2.45) is 0 Å². The number of amides is 1. The SMILES string of the molecule is CC[C@@H](Oc1ccc(Cl)c(C)c1)C(=O)Nc1ccc(OC)c(OC)c1. The van der Waals surface area contributed by atoms with Crippen molar-refractivity contribution in [2.75, 3.05) is 19.5 Å². The number of hydrogen-bond acceptors (Lipinski definition) is 4. The van der Waals surface area contributed by atoms with Gasteiger partial charge in [0.2, 0.25) is 0 Å². The molecule has 0 unspecified atom stereocenters. The molecule has 0 aliphatic carbocycles. The Morgan fingerprint density at radius 2 is 1.84 bits per heavy atom. The first kappa shape index (κ1) is 18.9. The van der Waals surface area contributed by atoms with Crippen LogP contribution in [0.1, 0.15) is 18.9 Å². The van der Waals surface area contributed by atoms with Gasteiger partial charge in [-0.15, -0.1) is 0 Å². The van der Waals surface area contributed by atoms with Gasteiger partial charge in [-0.05, 0) is 49.2 Å². The van der Waals surface area contributed by atoms with E-state index in [2.05, 4.69) is 5.32 Å². The number of aryl methyl sites for hydroxylation is 1. The Kier molecular flexibility index (Phi) is 6.53. The highest BCUT2D eigenvalue weighted by Crippen LogP contribution is 2.30. The number of hydrogen-bond donors (Lipinski definition) is 1. The van der Waals surface area contributed by atoms with E-state index < -0.39 is 6.10 Å². The molecule has 134 valence electrons. The summed E-state index contributed by atoms with van der Waals surface area (Å²) in [6, 6.07) is 10.5. The zero-order valence-corrected chi connectivity index (χ0v) is 15.5. The first-order valence-electron chi connectivity index (χ1n) is 7.94. The number of carbonyl (C=O) groups excluding carboxylic acids is 1. The van der Waals surface area contributed by atoms with Crippen LogP contribution in [0.4, 0.5) is 5.69 Å². The van der Waals surface area contributed by atoms with Crippen molar-refractivity contribution >= 4 is 23.2 Å². The predicted octanol–water partition coefficient (Wildman–Crippen LogP) is 4.46. The van der Waals surface area contributed by atoms with Gasteiger partial charge in [0, 0.05) is 16.8 Å². The second-order valence-corrected chi connectivity index (χ2v) is 5.89. The number of benzene rings is 2. The minimum atomic E-state index is -0.617. The largest absolute Gasteiger partial charge is 0.493 e. The Labute approximate surface area is 152 Å². The minimum Gasteiger partial charge on any atom is -0.493 e. The van der Waals surface area contributed by atoms with Crippen LogP contribution in [-0.2, 0) is 4.79 Å². The molecule has 0 radical (unpaired) electrons. The van der Waals surface area contributed by atoms with Gasteiger partial charge in [0.15, 0.2) is 17.6 Å². The molecule has 0 saturated heterocycles. The van der Waals surface area contributed by atoms with Gasteiger partial charge in [0.25, 0.3) is 5.91 Å². The number of methoxy groups -OCH3 is 2. The van der Waals surface area contributed by atoms with E-state index in [1.54, 1.807) is 44.6 Å². The second kappa shape index (κ2) is 8.62. The zero-order chi connectivity index (χ0) is 18.4. The van der Waals surface area contributed by atoms with Crippen LogP contribution in [0.2, 0.25) is 5.02 Å². The number of nitrogens with one attached hydrogen (secondary N) is 1. The van der Waals surface area contributed by atoms with Crippen LogP contribution < -0.4 is 19.5 Å². The van der Waals surface area contributed by atoms with Gasteiger partial charge in [0.05, 0.1) is 14.2 Å². The Balaban J connectivity index is 2.10. The Morgan fingerprint density at radius 3 is 2.44 bits per heavy atom. The maximum absolute atomic E-state index is 12.5. The molecule has 0 aliphatic heterocycles. The summed E-state index contributed by atoms with van der Waals surface area (Å²) in [6.45, 7) is 3.78. The van der Waals surface area contributed by atoms with E-state index in [0.29, 0.717) is 34.4 Å². The summed E-state index contributed by atoms with van der Waals surface area (Å²) in [7, 11) is 3.11. The molecule has 0 aromatic heterocycles. The summed E-state index contributed by atoms with van der Waals surface area (Å²) < 4.78 is 16.2. The predicted molar refractivity (Wildman–Crippen MR) is 99.1 cm³/mol. The van der Waals surface area contributed by atoms with Crippen LogP contribution >= 0.6 is 11.6 Å². The lowest BCUT2D eigenvalue weighted by Gasteiger charge is -2.18. The monoisotopic (exact) mass is 363 g/mol. The number of ether oxygens (including phenoxy) is 3. The summed E-state index contributed by atoms with van der Waals surface area (Å²) >= 11 is 6.02. The molecular formula is C19H22ClNO4. The second-order valence-electron chi connectivity index (χ2n) is 5.48. The number of rotatable bonds is 7. The van der Waals surface area contributed by atoms with Gasteiger partial charge in [-0.3, -0.25) is 4.79 Å². The van der Waals surface area contributed by atoms with Crippen LogP contribution in [0.3, 0.4) is 0 Å². The molecule has 0 bridgehead atoms. The van der Waals surface area contributed by atoms with Crippen LogP contribution in [-0.4, -0.2) is 26.2 Å². The maximum Gasteiger partial charge on any atom is 0.265 e. The average Bonchev–Trinajstić information content (AvgIpc) is 2.62. The van der Waals surface area contributed by atoms with Crippen LogP contribution in [0.15, 0.2) is 36.4 Å². The number of carbonyl (C=O) groups is 1. The molecule has 25 heavy (non-hydrogen) atoms. The van der Waals surface area contributed by atoms with E-state index in [0.717, 1.165) is 5.56 Å². The minimum absolute atomic E-state index is 0.234. The maximum atomic E-state index is 12.5. The van der Waals surface area contributed by atoms with E-state index in [9.17, 15) is 4.79 Å². The first-order chi connectivity index (χ1) is 12.0. The van der Waals surface area contributed by atoms with Crippen molar-refractivity contribution < 1.29 is 19.0 Å². The smallest absolute Gasteiger partial charge is 0.265 e. The third-order valence-corrected chi connectivity index (χ3v) is 4.15. The fourth-order valence-electron chi connectivity index (χ4n) is 2.31. The molecule has 0 aliphatic rings. The van der Waals surface area contributed by atoms with Crippen molar-refractivity contribution in [2.45, 2.75) is 26.4 Å². The standard InChI is InChI=1S/C19H22ClNO4/c1-5-16(25-14-7-8-15(20)12(2)10-14)19(22)21-13-6-9-17(23-3)18(11-13)24-4/h6-11,16H,5H2,1-4H3,(H,21,22)/t16-/m1/s1. The molecular weight excluding hydrogens is 342 g/mol. The van der Waals surface area contributed by atoms with Crippen molar-refractivity contribution in [3.63, 3.8) is 0 Å². The van der Waals surface area contributed by atoms with Crippen molar-refractivity contribution in [1.29, 1.82) is 0 Å². The van der Waals surface area contributed by atoms with Crippen molar-refractivity contribution in [3.05, 3.63) is 47.0 Å². The lowest BCUT2D eigenvalue weighted by Crippen LogP contribution is -2.32. The molecule has 2 aromatic carbocycles. The Hall–Kier alpha value is -2.40. The highest BCUT2D eigenvalue weighted by Gasteiger charge is 2.19. The van der Waals surface area contributed by atoms with Crippen molar-refractivity contribution in [1.82, 2.24) is 0 Å². The highest BCUT2D eigenvalue weighted by atomic mass is 35.5. The van der Waals surface area contributed by atoms with Gasteiger partial charge in [0.1, 0.15) is 5.75 Å². The molecule has 0 heterocycles. The van der Waals surface area contributed by atoms with E-state index in [1.807, 2.05) is 19.9 Å². The molecule has 0 saturated carbocycles. The normalized spacial score (nSPS) is 11.6. The molecule has 1 atom stereocenters. The summed E-state index contributed by atoms with van der Waals surface area (Å²) in [6.07, 6.45) is -0.0884. The summed E-state index contributed by atoms with van der Waals surface area (Å²) in [5.74, 6) is 1.52. The van der Waals surface area contributed by atoms with Gasteiger partial charge in [-0.25, -0.2) is 0 Å². The van der Waals surface area contributed by atoms with E-state index >= 15 is 0 Å². The fraction of sp³-hybridized carbons (Fsp3) is 0.316. The van der Waals surface area contributed by atoms with Gasteiger partial charge in [-0.2, -0.15) is 0 Å². The van der Waals surface area contributed by atoms with E-state index in [-0.39, 0.29) is 5.91 Å². The van der Waals surface area contributed by atoms with Crippen LogP contribution in [0, 0.1) is 6.92 Å². The zero-order valence-electron chi connectivity index (χ0n) is 14.8. The lowest BCUT2D eigenvalue weighted by molar-refractivity contribution is -0.122. The molecule has 5 nitrogen and oxygen atoms in total.